The summed E-state index contributed by atoms with van der Waals surface area (Å²) in [7, 11) is 0. The minimum absolute atomic E-state index is 0.0228. The van der Waals surface area contributed by atoms with Gasteiger partial charge in [-0.3, -0.25) is 0 Å². The van der Waals surface area contributed by atoms with Crippen LogP contribution in [0.15, 0.2) is 0 Å². The Hall–Kier alpha value is -0.120. The fourth-order valence-electron chi connectivity index (χ4n) is 2.56. The molecule has 1 heterocycles. The molecule has 0 amide bonds. The predicted octanol–water partition coefficient (Wildman–Crippen LogP) is 1.30. The van der Waals surface area contributed by atoms with Gasteiger partial charge in [0.1, 0.15) is 0 Å². The highest BCUT2D eigenvalue weighted by atomic mass is 16.5. The summed E-state index contributed by atoms with van der Waals surface area (Å²) < 4.78 is 5.73. The van der Waals surface area contributed by atoms with E-state index in [1.54, 1.807) is 0 Å². The van der Waals surface area contributed by atoms with Crippen LogP contribution in [0.3, 0.4) is 0 Å². The van der Waals surface area contributed by atoms with Gasteiger partial charge in [0.05, 0.1) is 11.7 Å². The topological polar surface area (TPSA) is 41.5 Å². The maximum Gasteiger partial charge on any atom is 0.0779 e. The van der Waals surface area contributed by atoms with E-state index in [-0.39, 0.29) is 17.1 Å². The van der Waals surface area contributed by atoms with Gasteiger partial charge in [0.2, 0.25) is 0 Å². The Bertz CT molecular complexity index is 234. The fourth-order valence-corrected chi connectivity index (χ4v) is 2.56. The van der Waals surface area contributed by atoms with Gasteiger partial charge in [-0.1, -0.05) is 13.8 Å². The molecule has 2 fully saturated rings. The summed E-state index contributed by atoms with van der Waals surface area (Å²) in [4.78, 5) is 0. The van der Waals surface area contributed by atoms with Crippen LogP contribution in [0, 0.1) is 5.41 Å². The van der Waals surface area contributed by atoms with Crippen molar-refractivity contribution in [3.05, 3.63) is 0 Å². The largest absolute Gasteiger partial charge is 0.392 e. The molecular formula is C12H23NO2. The van der Waals surface area contributed by atoms with E-state index in [0.29, 0.717) is 6.04 Å². The molecule has 1 aliphatic heterocycles. The third-order valence-electron chi connectivity index (χ3n) is 4.24. The molecule has 0 aromatic carbocycles. The van der Waals surface area contributed by atoms with Crippen molar-refractivity contribution in [3.8, 4) is 0 Å². The molecule has 3 atom stereocenters. The summed E-state index contributed by atoms with van der Waals surface area (Å²) in [5.74, 6) is 0. The summed E-state index contributed by atoms with van der Waals surface area (Å²) in [6.45, 7) is 8.23. The van der Waals surface area contributed by atoms with Gasteiger partial charge >= 0.3 is 0 Å². The zero-order chi connectivity index (χ0) is 11.1. The number of hydrogen-bond donors (Lipinski definition) is 2. The molecule has 3 heteroatoms. The van der Waals surface area contributed by atoms with E-state index in [0.717, 1.165) is 26.0 Å². The first-order chi connectivity index (χ1) is 6.94. The van der Waals surface area contributed by atoms with Gasteiger partial charge in [-0.15, -0.1) is 0 Å². The van der Waals surface area contributed by atoms with Crippen LogP contribution >= 0.6 is 0 Å². The monoisotopic (exact) mass is 213 g/mol. The first-order valence-corrected chi connectivity index (χ1v) is 5.99. The van der Waals surface area contributed by atoms with Crippen molar-refractivity contribution in [1.29, 1.82) is 0 Å². The molecule has 1 saturated heterocycles. The highest BCUT2D eigenvalue weighted by Crippen LogP contribution is 2.40. The molecule has 88 valence electrons. The summed E-state index contributed by atoms with van der Waals surface area (Å²) >= 11 is 0. The number of hydrogen-bond acceptors (Lipinski definition) is 3. The van der Waals surface area contributed by atoms with Crippen LogP contribution in [0.5, 0.6) is 0 Å². The number of ether oxygens (including phenoxy) is 1. The van der Waals surface area contributed by atoms with Crippen LogP contribution < -0.4 is 5.32 Å². The first kappa shape index (κ1) is 11.4. The van der Waals surface area contributed by atoms with E-state index >= 15 is 0 Å². The van der Waals surface area contributed by atoms with E-state index in [9.17, 15) is 5.11 Å². The van der Waals surface area contributed by atoms with Gasteiger partial charge in [0, 0.05) is 24.6 Å². The Morgan fingerprint density at radius 3 is 2.60 bits per heavy atom. The summed E-state index contributed by atoms with van der Waals surface area (Å²) in [5.41, 5.74) is 0.0472. The first-order valence-electron chi connectivity index (χ1n) is 5.99. The van der Waals surface area contributed by atoms with E-state index in [2.05, 4.69) is 26.1 Å². The quantitative estimate of drug-likeness (QED) is 0.742. The second-order valence-corrected chi connectivity index (χ2v) is 5.91. The number of rotatable bonds is 3. The van der Waals surface area contributed by atoms with Crippen LogP contribution in [0.4, 0.5) is 0 Å². The molecular weight excluding hydrogens is 190 g/mol. The minimum atomic E-state index is -0.146. The van der Waals surface area contributed by atoms with E-state index in [1.807, 2.05) is 0 Å². The Balaban J connectivity index is 1.79. The molecule has 0 bridgehead atoms. The molecule has 0 spiro atoms. The van der Waals surface area contributed by atoms with Crippen molar-refractivity contribution in [1.82, 2.24) is 5.32 Å². The van der Waals surface area contributed by atoms with Crippen LogP contribution in [0.1, 0.15) is 40.0 Å². The molecule has 15 heavy (non-hydrogen) atoms. The second-order valence-electron chi connectivity index (χ2n) is 5.91. The third kappa shape index (κ3) is 2.05. The molecule has 0 aromatic heterocycles. The van der Waals surface area contributed by atoms with Crippen LogP contribution in [0.2, 0.25) is 0 Å². The number of aliphatic hydroxyl groups excluding tert-OH is 1. The predicted molar refractivity (Wildman–Crippen MR) is 59.8 cm³/mol. The van der Waals surface area contributed by atoms with Gasteiger partial charge in [-0.25, -0.2) is 0 Å². The van der Waals surface area contributed by atoms with Crippen molar-refractivity contribution in [2.75, 3.05) is 13.2 Å². The summed E-state index contributed by atoms with van der Waals surface area (Å²) in [6.07, 6.45) is 3.06. The van der Waals surface area contributed by atoms with Crippen LogP contribution in [-0.2, 0) is 4.74 Å². The Morgan fingerprint density at radius 1 is 1.40 bits per heavy atom. The minimum Gasteiger partial charge on any atom is -0.392 e. The molecule has 0 radical (unpaired) electrons. The fraction of sp³-hybridized carbons (Fsp3) is 1.00. The number of nitrogens with one attached hydrogen (secondary N) is 1. The molecule has 3 unspecified atom stereocenters. The maximum absolute atomic E-state index is 9.63. The van der Waals surface area contributed by atoms with Crippen LogP contribution in [-0.4, -0.2) is 36.0 Å². The zero-order valence-electron chi connectivity index (χ0n) is 10.0. The average molecular weight is 213 g/mol. The van der Waals surface area contributed by atoms with Gasteiger partial charge in [-0.05, 0) is 26.2 Å². The van der Waals surface area contributed by atoms with Crippen molar-refractivity contribution in [2.24, 2.45) is 5.41 Å². The second kappa shape index (κ2) is 3.72. The van der Waals surface area contributed by atoms with Crippen molar-refractivity contribution < 1.29 is 9.84 Å². The lowest BCUT2D eigenvalue weighted by Gasteiger charge is -2.50. The SMILES string of the molecule is CC1(CNC2CC(O)C2(C)C)CCCO1. The maximum atomic E-state index is 9.63. The summed E-state index contributed by atoms with van der Waals surface area (Å²) in [6, 6.07) is 0.438. The average Bonchev–Trinajstić information content (AvgIpc) is 2.60. The van der Waals surface area contributed by atoms with Gasteiger partial charge in [-0.2, -0.15) is 0 Å². The Labute approximate surface area is 92.2 Å². The highest BCUT2D eigenvalue weighted by molar-refractivity contribution is 5.02. The molecule has 2 aliphatic rings. The normalized spacial score (nSPS) is 44.0. The Kier molecular flexibility index (Phi) is 2.82. The van der Waals surface area contributed by atoms with E-state index < -0.39 is 0 Å². The van der Waals surface area contributed by atoms with Crippen molar-refractivity contribution >= 4 is 0 Å². The van der Waals surface area contributed by atoms with E-state index in [1.165, 1.54) is 6.42 Å². The standard InChI is InChI=1S/C12H23NO2/c1-11(2)9(7-10(11)14)13-8-12(3)5-4-6-15-12/h9-10,13-14H,4-8H2,1-3H3. The van der Waals surface area contributed by atoms with Gasteiger partial charge in [0.25, 0.3) is 0 Å². The lowest BCUT2D eigenvalue weighted by molar-refractivity contribution is -0.0804. The molecule has 2 rings (SSSR count). The summed E-state index contributed by atoms with van der Waals surface area (Å²) in [5, 5.41) is 13.2. The zero-order valence-corrected chi connectivity index (χ0v) is 10.0. The third-order valence-corrected chi connectivity index (χ3v) is 4.24. The molecule has 2 N–H and O–H groups in total. The van der Waals surface area contributed by atoms with Gasteiger partial charge < -0.3 is 15.2 Å². The van der Waals surface area contributed by atoms with E-state index in [4.69, 9.17) is 4.74 Å². The molecule has 1 saturated carbocycles. The lowest BCUT2D eigenvalue weighted by Crippen LogP contribution is -2.61. The van der Waals surface area contributed by atoms with Crippen molar-refractivity contribution in [2.45, 2.75) is 57.8 Å². The molecule has 3 nitrogen and oxygen atoms in total. The Morgan fingerprint density at radius 2 is 2.13 bits per heavy atom. The molecule has 0 aromatic rings. The smallest absolute Gasteiger partial charge is 0.0779 e. The van der Waals surface area contributed by atoms with Crippen LogP contribution in [0.25, 0.3) is 0 Å². The number of aliphatic hydroxyl groups is 1. The lowest BCUT2D eigenvalue weighted by atomic mass is 9.64. The van der Waals surface area contributed by atoms with Crippen molar-refractivity contribution in [3.63, 3.8) is 0 Å². The highest BCUT2D eigenvalue weighted by Gasteiger charge is 2.47. The molecule has 1 aliphatic carbocycles. The van der Waals surface area contributed by atoms with Gasteiger partial charge in [0.15, 0.2) is 0 Å².